The Morgan fingerprint density at radius 1 is 1.35 bits per heavy atom. The SMILES string of the molecule is COc1ncccc1CN1CC2(C[C@@H](Oc3cncc(C)n3)CCO2)C1. The van der Waals surface area contributed by atoms with Crippen molar-refractivity contribution in [3.8, 4) is 11.8 Å². The summed E-state index contributed by atoms with van der Waals surface area (Å²) in [5.74, 6) is 1.29. The average molecular weight is 356 g/mol. The Kier molecular flexibility index (Phi) is 4.74. The van der Waals surface area contributed by atoms with Gasteiger partial charge in [-0.3, -0.25) is 9.88 Å². The maximum absolute atomic E-state index is 6.11. The fraction of sp³-hybridized carbons (Fsp3) is 0.526. The van der Waals surface area contributed by atoms with Gasteiger partial charge in [0, 0.05) is 50.4 Å². The molecule has 4 heterocycles. The van der Waals surface area contributed by atoms with Gasteiger partial charge >= 0.3 is 0 Å². The van der Waals surface area contributed by atoms with E-state index in [1.54, 1.807) is 25.7 Å². The molecule has 0 saturated carbocycles. The number of likely N-dealkylation sites (tertiary alicyclic amines) is 1. The molecule has 2 aliphatic rings. The number of nitrogens with zero attached hydrogens (tertiary/aromatic N) is 4. The van der Waals surface area contributed by atoms with Crippen molar-refractivity contribution in [1.29, 1.82) is 0 Å². The first kappa shape index (κ1) is 17.2. The first-order chi connectivity index (χ1) is 12.7. The van der Waals surface area contributed by atoms with Crippen LogP contribution in [0.2, 0.25) is 0 Å². The van der Waals surface area contributed by atoms with Gasteiger partial charge < -0.3 is 14.2 Å². The zero-order chi connectivity index (χ0) is 18.0. The summed E-state index contributed by atoms with van der Waals surface area (Å²) in [5, 5.41) is 0. The highest BCUT2D eigenvalue weighted by atomic mass is 16.5. The minimum absolute atomic E-state index is 0.115. The van der Waals surface area contributed by atoms with Crippen LogP contribution in [0.4, 0.5) is 0 Å². The molecule has 2 aromatic rings. The molecule has 0 bridgehead atoms. The predicted molar refractivity (Wildman–Crippen MR) is 95.2 cm³/mol. The standard InChI is InChI=1S/C19H24N4O3/c1-14-9-20-10-17(22-14)26-16-5-7-25-19(8-16)12-23(13-19)11-15-4-3-6-21-18(15)24-2/h3-4,6,9-10,16H,5,7-8,11-13H2,1-2H3/t16-/m0/s1. The lowest BCUT2D eigenvalue weighted by Gasteiger charge is -2.53. The van der Waals surface area contributed by atoms with Gasteiger partial charge in [0.05, 0.1) is 31.2 Å². The summed E-state index contributed by atoms with van der Waals surface area (Å²) in [6, 6.07) is 4.00. The first-order valence-corrected chi connectivity index (χ1v) is 8.95. The van der Waals surface area contributed by atoms with Crippen LogP contribution in [-0.4, -0.2) is 58.4 Å². The summed E-state index contributed by atoms with van der Waals surface area (Å²) >= 11 is 0. The fourth-order valence-electron chi connectivity index (χ4n) is 3.82. The molecule has 0 radical (unpaired) electrons. The van der Waals surface area contributed by atoms with Crippen LogP contribution >= 0.6 is 0 Å². The number of rotatable bonds is 5. The quantitative estimate of drug-likeness (QED) is 0.811. The molecule has 0 N–H and O–H groups in total. The molecule has 4 rings (SSSR count). The predicted octanol–water partition coefficient (Wildman–Crippen LogP) is 2.00. The third-order valence-electron chi connectivity index (χ3n) is 4.93. The van der Waals surface area contributed by atoms with Crippen molar-refractivity contribution in [2.45, 2.75) is 38.0 Å². The molecular formula is C19H24N4O3. The minimum Gasteiger partial charge on any atom is -0.481 e. The number of pyridine rings is 1. The second-order valence-corrected chi connectivity index (χ2v) is 7.08. The number of hydrogen-bond donors (Lipinski definition) is 0. The second kappa shape index (κ2) is 7.17. The number of methoxy groups -OCH3 is 1. The third kappa shape index (κ3) is 3.64. The molecule has 2 aliphatic heterocycles. The van der Waals surface area contributed by atoms with Crippen LogP contribution in [0, 0.1) is 6.92 Å². The Labute approximate surface area is 153 Å². The lowest BCUT2D eigenvalue weighted by molar-refractivity contribution is -0.188. The van der Waals surface area contributed by atoms with Crippen molar-refractivity contribution in [2.75, 3.05) is 26.8 Å². The van der Waals surface area contributed by atoms with Gasteiger partial charge in [-0.25, -0.2) is 9.97 Å². The molecule has 1 atom stereocenters. The van der Waals surface area contributed by atoms with Crippen molar-refractivity contribution < 1.29 is 14.2 Å². The number of aryl methyl sites for hydroxylation is 1. The van der Waals surface area contributed by atoms with E-state index >= 15 is 0 Å². The van der Waals surface area contributed by atoms with E-state index in [1.807, 2.05) is 13.0 Å². The van der Waals surface area contributed by atoms with Crippen molar-refractivity contribution in [2.24, 2.45) is 0 Å². The van der Waals surface area contributed by atoms with E-state index in [1.165, 1.54) is 0 Å². The van der Waals surface area contributed by atoms with E-state index < -0.39 is 0 Å². The third-order valence-corrected chi connectivity index (χ3v) is 4.93. The number of hydrogen-bond acceptors (Lipinski definition) is 7. The molecule has 26 heavy (non-hydrogen) atoms. The molecular weight excluding hydrogens is 332 g/mol. The molecule has 138 valence electrons. The largest absolute Gasteiger partial charge is 0.481 e. The molecule has 0 aliphatic carbocycles. The Balaban J connectivity index is 1.34. The van der Waals surface area contributed by atoms with Crippen LogP contribution < -0.4 is 9.47 Å². The van der Waals surface area contributed by atoms with Gasteiger partial charge in [-0.1, -0.05) is 6.07 Å². The highest BCUT2D eigenvalue weighted by Crippen LogP contribution is 2.36. The van der Waals surface area contributed by atoms with Crippen LogP contribution in [-0.2, 0) is 11.3 Å². The van der Waals surface area contributed by atoms with Crippen LogP contribution in [0.1, 0.15) is 24.1 Å². The highest BCUT2D eigenvalue weighted by Gasteiger charge is 2.48. The Hall–Kier alpha value is -2.25. The van der Waals surface area contributed by atoms with Crippen molar-refractivity contribution >= 4 is 0 Å². The summed E-state index contributed by atoms with van der Waals surface area (Å²) in [6.45, 7) is 5.24. The Morgan fingerprint density at radius 2 is 2.23 bits per heavy atom. The van der Waals surface area contributed by atoms with Crippen molar-refractivity contribution in [3.05, 3.63) is 42.0 Å². The minimum atomic E-state index is -0.115. The normalized spacial score (nSPS) is 22.0. The Bertz CT molecular complexity index is 764. The van der Waals surface area contributed by atoms with E-state index in [-0.39, 0.29) is 11.7 Å². The van der Waals surface area contributed by atoms with Gasteiger partial charge in [-0.05, 0) is 13.0 Å². The lowest BCUT2D eigenvalue weighted by atomic mass is 9.84. The summed E-state index contributed by atoms with van der Waals surface area (Å²) in [4.78, 5) is 15.2. The summed E-state index contributed by atoms with van der Waals surface area (Å²) < 4.78 is 17.5. The van der Waals surface area contributed by atoms with Gasteiger partial charge in [0.1, 0.15) is 6.10 Å². The average Bonchev–Trinajstić information content (AvgIpc) is 2.61. The molecule has 0 aromatic carbocycles. The number of aromatic nitrogens is 3. The smallest absolute Gasteiger partial charge is 0.232 e. The monoisotopic (exact) mass is 356 g/mol. The molecule has 7 nitrogen and oxygen atoms in total. The zero-order valence-electron chi connectivity index (χ0n) is 15.2. The van der Waals surface area contributed by atoms with Gasteiger partial charge in [0.2, 0.25) is 11.8 Å². The lowest BCUT2D eigenvalue weighted by Crippen LogP contribution is -2.65. The van der Waals surface area contributed by atoms with E-state index in [4.69, 9.17) is 14.2 Å². The molecule has 2 aromatic heterocycles. The van der Waals surface area contributed by atoms with Crippen LogP contribution in [0.25, 0.3) is 0 Å². The first-order valence-electron chi connectivity index (χ1n) is 8.95. The van der Waals surface area contributed by atoms with Gasteiger partial charge in [-0.15, -0.1) is 0 Å². The Morgan fingerprint density at radius 3 is 3.04 bits per heavy atom. The van der Waals surface area contributed by atoms with Crippen LogP contribution in [0.5, 0.6) is 11.8 Å². The number of ether oxygens (including phenoxy) is 3. The summed E-state index contributed by atoms with van der Waals surface area (Å²) in [6.07, 6.45) is 7.04. The van der Waals surface area contributed by atoms with E-state index in [0.29, 0.717) is 18.4 Å². The summed E-state index contributed by atoms with van der Waals surface area (Å²) in [7, 11) is 1.66. The van der Waals surface area contributed by atoms with Crippen molar-refractivity contribution in [3.63, 3.8) is 0 Å². The van der Waals surface area contributed by atoms with Gasteiger partial charge in [0.15, 0.2) is 0 Å². The van der Waals surface area contributed by atoms with E-state index in [2.05, 4.69) is 25.9 Å². The van der Waals surface area contributed by atoms with Gasteiger partial charge in [0.25, 0.3) is 0 Å². The fourth-order valence-corrected chi connectivity index (χ4v) is 3.82. The zero-order valence-corrected chi connectivity index (χ0v) is 15.2. The molecule has 2 fully saturated rings. The highest BCUT2D eigenvalue weighted by molar-refractivity contribution is 5.26. The second-order valence-electron chi connectivity index (χ2n) is 7.08. The molecule has 7 heteroatoms. The maximum atomic E-state index is 6.11. The topological polar surface area (TPSA) is 69.6 Å². The van der Waals surface area contributed by atoms with Gasteiger partial charge in [-0.2, -0.15) is 0 Å². The molecule has 1 spiro atoms. The van der Waals surface area contributed by atoms with Crippen molar-refractivity contribution in [1.82, 2.24) is 19.9 Å². The van der Waals surface area contributed by atoms with E-state index in [9.17, 15) is 0 Å². The van der Waals surface area contributed by atoms with E-state index in [0.717, 1.165) is 43.7 Å². The van der Waals surface area contributed by atoms with Crippen LogP contribution in [0.15, 0.2) is 30.7 Å². The maximum Gasteiger partial charge on any atom is 0.232 e. The molecule has 0 unspecified atom stereocenters. The van der Waals surface area contributed by atoms with Crippen LogP contribution in [0.3, 0.4) is 0 Å². The molecule has 0 amide bonds. The summed E-state index contributed by atoms with van der Waals surface area (Å²) in [5.41, 5.74) is 1.85. The molecule has 2 saturated heterocycles.